The first-order chi connectivity index (χ1) is 8.45. The number of hydrogen-bond donors (Lipinski definition) is 0. The molecule has 0 fully saturated rings. The average Bonchev–Trinajstić information content (AvgIpc) is 2.31. The molecular formula is C15H34O2Si. The molecule has 0 saturated heterocycles. The van der Waals surface area contributed by atoms with Gasteiger partial charge in [-0.05, 0) is 25.8 Å². The van der Waals surface area contributed by atoms with E-state index in [0.29, 0.717) is 5.92 Å². The monoisotopic (exact) mass is 274 g/mol. The largest absolute Gasteiger partial charge is 0.394 e. The molecule has 0 atom stereocenters. The summed E-state index contributed by atoms with van der Waals surface area (Å²) in [5.41, 5.74) is 0. The maximum atomic E-state index is 6.28. The molecule has 3 heteroatoms. The van der Waals surface area contributed by atoms with E-state index in [-0.39, 0.29) is 5.04 Å². The zero-order chi connectivity index (χ0) is 14.2. The lowest BCUT2D eigenvalue weighted by Crippen LogP contribution is -2.54. The molecule has 0 unspecified atom stereocenters. The summed E-state index contributed by atoms with van der Waals surface area (Å²) < 4.78 is 12.6. The van der Waals surface area contributed by atoms with Crippen LogP contribution in [0.15, 0.2) is 0 Å². The van der Waals surface area contributed by atoms with Crippen LogP contribution in [-0.2, 0) is 8.85 Å². The molecule has 18 heavy (non-hydrogen) atoms. The Morgan fingerprint density at radius 3 is 1.61 bits per heavy atom. The van der Waals surface area contributed by atoms with E-state index >= 15 is 0 Å². The molecular weight excluding hydrogens is 240 g/mol. The Balaban J connectivity index is 5.33. The molecule has 0 bridgehead atoms. The van der Waals surface area contributed by atoms with Crippen LogP contribution in [0.5, 0.6) is 0 Å². The van der Waals surface area contributed by atoms with E-state index in [1.807, 2.05) is 0 Å². The molecule has 0 aliphatic heterocycles. The fourth-order valence-corrected chi connectivity index (χ4v) is 7.68. The predicted octanol–water partition coefficient (Wildman–Crippen LogP) is 5.13. The zero-order valence-corrected chi connectivity index (χ0v) is 14.6. The third-order valence-corrected chi connectivity index (χ3v) is 9.36. The van der Waals surface area contributed by atoms with Crippen molar-refractivity contribution in [2.75, 3.05) is 13.2 Å². The average molecular weight is 275 g/mol. The highest BCUT2D eigenvalue weighted by molar-refractivity contribution is 6.70. The highest BCUT2D eigenvalue weighted by Crippen LogP contribution is 2.50. The predicted molar refractivity (Wildman–Crippen MR) is 82.2 cm³/mol. The lowest BCUT2D eigenvalue weighted by atomic mass is 9.90. The van der Waals surface area contributed by atoms with Gasteiger partial charge in [0.2, 0.25) is 0 Å². The maximum Gasteiger partial charge on any atom is 0.344 e. The third-order valence-electron chi connectivity index (χ3n) is 4.32. The van der Waals surface area contributed by atoms with E-state index in [4.69, 9.17) is 8.85 Å². The molecule has 0 aromatic rings. The number of hydrogen-bond acceptors (Lipinski definition) is 2. The Morgan fingerprint density at radius 1 is 0.889 bits per heavy atom. The first kappa shape index (κ1) is 18.1. The van der Waals surface area contributed by atoms with Gasteiger partial charge in [0.05, 0.1) is 0 Å². The second-order valence-corrected chi connectivity index (χ2v) is 9.48. The van der Waals surface area contributed by atoms with Crippen LogP contribution in [0.4, 0.5) is 0 Å². The summed E-state index contributed by atoms with van der Waals surface area (Å²) in [6.45, 7) is 17.3. The van der Waals surface area contributed by atoms with E-state index < -0.39 is 8.56 Å². The Bertz CT molecular complexity index is 196. The Labute approximate surface area is 116 Å². The topological polar surface area (TPSA) is 18.5 Å². The summed E-state index contributed by atoms with van der Waals surface area (Å²) in [6.07, 6.45) is 3.57. The van der Waals surface area contributed by atoms with Crippen molar-refractivity contribution in [1.82, 2.24) is 0 Å². The summed E-state index contributed by atoms with van der Waals surface area (Å²) in [6, 6.07) is 1.11. The van der Waals surface area contributed by atoms with Crippen LogP contribution in [0, 0.1) is 5.92 Å². The van der Waals surface area contributed by atoms with Crippen LogP contribution < -0.4 is 0 Å². The zero-order valence-electron chi connectivity index (χ0n) is 13.6. The van der Waals surface area contributed by atoms with Gasteiger partial charge in [-0.25, -0.2) is 0 Å². The van der Waals surface area contributed by atoms with E-state index in [9.17, 15) is 0 Å². The fraction of sp³-hybridized carbons (Fsp3) is 1.00. The molecule has 0 rings (SSSR count). The molecule has 0 heterocycles. The van der Waals surface area contributed by atoms with Gasteiger partial charge < -0.3 is 8.85 Å². The van der Waals surface area contributed by atoms with Gasteiger partial charge in [0.1, 0.15) is 0 Å². The molecule has 0 aliphatic rings. The van der Waals surface area contributed by atoms with Crippen molar-refractivity contribution >= 4 is 8.56 Å². The van der Waals surface area contributed by atoms with Crippen LogP contribution in [-0.4, -0.2) is 21.8 Å². The molecule has 0 spiro atoms. The third kappa shape index (κ3) is 3.81. The van der Waals surface area contributed by atoms with E-state index in [0.717, 1.165) is 25.7 Å². The van der Waals surface area contributed by atoms with Crippen LogP contribution in [0.1, 0.15) is 67.7 Å². The second kappa shape index (κ2) is 8.34. The first-order valence-electron chi connectivity index (χ1n) is 7.73. The highest BCUT2D eigenvalue weighted by Gasteiger charge is 2.53. The van der Waals surface area contributed by atoms with Gasteiger partial charge in [-0.3, -0.25) is 0 Å². The van der Waals surface area contributed by atoms with Crippen molar-refractivity contribution in [3.05, 3.63) is 0 Å². The van der Waals surface area contributed by atoms with Gasteiger partial charge in [0, 0.05) is 18.3 Å². The minimum Gasteiger partial charge on any atom is -0.394 e. The van der Waals surface area contributed by atoms with E-state index in [1.54, 1.807) is 0 Å². The van der Waals surface area contributed by atoms with Gasteiger partial charge in [0.25, 0.3) is 0 Å². The normalized spacial score (nSPS) is 13.3. The molecule has 0 aromatic heterocycles. The van der Waals surface area contributed by atoms with Crippen molar-refractivity contribution in [1.29, 1.82) is 0 Å². The number of rotatable bonds is 10. The quantitative estimate of drug-likeness (QED) is 0.514. The summed E-state index contributed by atoms with van der Waals surface area (Å²) in [7, 11) is -2.13. The highest BCUT2D eigenvalue weighted by atomic mass is 28.4. The second-order valence-electron chi connectivity index (χ2n) is 5.60. The van der Waals surface area contributed by atoms with E-state index in [2.05, 4.69) is 48.5 Å². The molecule has 0 amide bonds. The van der Waals surface area contributed by atoms with Gasteiger partial charge in [0.15, 0.2) is 0 Å². The van der Waals surface area contributed by atoms with Crippen molar-refractivity contribution in [2.24, 2.45) is 5.92 Å². The Hall–Kier alpha value is 0.137. The molecule has 0 saturated carbocycles. The van der Waals surface area contributed by atoms with Crippen molar-refractivity contribution in [3.63, 3.8) is 0 Å². The lowest BCUT2D eigenvalue weighted by molar-refractivity contribution is 0.137. The molecule has 0 N–H and O–H groups in total. The summed E-state index contributed by atoms with van der Waals surface area (Å²) in [5, 5.41) is 0.179. The summed E-state index contributed by atoms with van der Waals surface area (Å²) in [5.74, 6) is 0.689. The molecule has 0 aromatic carbocycles. The Kier molecular flexibility index (Phi) is 8.40. The summed E-state index contributed by atoms with van der Waals surface area (Å²) >= 11 is 0. The van der Waals surface area contributed by atoms with Gasteiger partial charge in [-0.15, -0.1) is 0 Å². The fourth-order valence-electron chi connectivity index (χ4n) is 3.30. The van der Waals surface area contributed by atoms with Crippen LogP contribution in [0.3, 0.4) is 0 Å². The minimum atomic E-state index is -2.13. The van der Waals surface area contributed by atoms with Gasteiger partial charge in [-0.1, -0.05) is 53.9 Å². The maximum absolute atomic E-state index is 6.28. The van der Waals surface area contributed by atoms with Gasteiger partial charge in [-0.2, -0.15) is 0 Å². The molecule has 0 aliphatic carbocycles. The SMILES string of the molecule is CCC[Si](OCC)(OCC)C(C)(C)C(CC)CC. The van der Waals surface area contributed by atoms with Crippen LogP contribution in [0.2, 0.25) is 11.1 Å². The standard InChI is InChI=1S/C15H34O2Si/c1-8-13-18(16-11-4,17-12-5)15(6,7)14(9-2)10-3/h14H,8-13H2,1-7H3. The van der Waals surface area contributed by atoms with E-state index in [1.165, 1.54) is 12.8 Å². The lowest BCUT2D eigenvalue weighted by Gasteiger charge is -2.47. The van der Waals surface area contributed by atoms with Crippen molar-refractivity contribution in [2.45, 2.75) is 78.8 Å². The minimum absolute atomic E-state index is 0.179. The smallest absolute Gasteiger partial charge is 0.344 e. The van der Waals surface area contributed by atoms with Gasteiger partial charge >= 0.3 is 8.56 Å². The van der Waals surface area contributed by atoms with Crippen molar-refractivity contribution < 1.29 is 8.85 Å². The molecule has 110 valence electrons. The summed E-state index contributed by atoms with van der Waals surface area (Å²) in [4.78, 5) is 0. The van der Waals surface area contributed by atoms with Crippen molar-refractivity contribution in [3.8, 4) is 0 Å². The van der Waals surface area contributed by atoms with Crippen LogP contribution >= 0.6 is 0 Å². The molecule has 0 radical (unpaired) electrons. The molecule has 2 nitrogen and oxygen atoms in total. The van der Waals surface area contributed by atoms with Crippen LogP contribution in [0.25, 0.3) is 0 Å². The first-order valence-corrected chi connectivity index (χ1v) is 9.75. The Morgan fingerprint density at radius 2 is 1.33 bits per heavy atom.